The normalized spacial score (nSPS) is 31.4. The van der Waals surface area contributed by atoms with Gasteiger partial charge in [0, 0.05) is 49.8 Å². The molecule has 0 bridgehead atoms. The van der Waals surface area contributed by atoms with Crippen LogP contribution < -0.4 is 4.90 Å². The van der Waals surface area contributed by atoms with Crippen LogP contribution in [-0.2, 0) is 14.3 Å². The minimum absolute atomic E-state index is 0.00862. The quantitative estimate of drug-likeness (QED) is 0.813. The molecule has 2 atom stereocenters. The van der Waals surface area contributed by atoms with E-state index in [1.165, 1.54) is 0 Å². The molecule has 3 fully saturated rings. The molecule has 1 amide bonds. The van der Waals surface area contributed by atoms with Crippen LogP contribution in [0.2, 0.25) is 0 Å². The first kappa shape index (κ1) is 16.3. The molecule has 0 saturated carbocycles. The van der Waals surface area contributed by atoms with Gasteiger partial charge in [-0.2, -0.15) is 0 Å². The van der Waals surface area contributed by atoms with Gasteiger partial charge in [0.15, 0.2) is 5.13 Å². The topological polar surface area (TPSA) is 54.9 Å². The molecule has 4 heterocycles. The zero-order valence-electron chi connectivity index (χ0n) is 14.0. The highest BCUT2D eigenvalue weighted by Crippen LogP contribution is 2.35. The van der Waals surface area contributed by atoms with E-state index in [2.05, 4.69) is 9.88 Å². The van der Waals surface area contributed by atoms with Gasteiger partial charge in [-0.3, -0.25) is 4.79 Å². The van der Waals surface area contributed by atoms with Gasteiger partial charge in [-0.05, 0) is 25.7 Å². The minimum atomic E-state index is -0.220. The lowest BCUT2D eigenvalue weighted by Gasteiger charge is -2.44. The molecule has 0 N–H and O–H groups in total. The molecule has 0 aromatic carbocycles. The highest BCUT2D eigenvalue weighted by atomic mass is 32.1. The maximum absolute atomic E-state index is 12.8. The standard InChI is InChI=1S/C17H25N3O3S/c21-15(14-3-1-8-23-14)19-6-2-4-17(11-19)12-20(7-9-22-13-17)16-18-5-10-24-16/h5,10,14H,1-4,6-9,11-13H2/t14-,17?/m0/s1. The first-order valence-corrected chi connectivity index (χ1v) is 9.76. The predicted octanol–water partition coefficient (Wildman–Crippen LogP) is 1.77. The van der Waals surface area contributed by atoms with Crippen molar-refractivity contribution in [1.29, 1.82) is 0 Å². The Morgan fingerprint density at radius 2 is 2.25 bits per heavy atom. The number of anilines is 1. The SMILES string of the molecule is O=C([C@@H]1CCCO1)N1CCCC2(COCCN(c3nccs3)C2)C1. The molecular weight excluding hydrogens is 326 g/mol. The van der Waals surface area contributed by atoms with Crippen molar-refractivity contribution in [2.45, 2.75) is 31.8 Å². The molecule has 132 valence electrons. The molecule has 6 nitrogen and oxygen atoms in total. The fourth-order valence-electron chi connectivity index (χ4n) is 4.15. The number of rotatable bonds is 2. The van der Waals surface area contributed by atoms with Gasteiger partial charge in [-0.1, -0.05) is 0 Å². The summed E-state index contributed by atoms with van der Waals surface area (Å²) in [6.45, 7) is 5.57. The molecule has 0 aliphatic carbocycles. The second-order valence-electron chi connectivity index (χ2n) is 7.15. The molecule has 4 rings (SSSR count). The Hall–Kier alpha value is -1.18. The summed E-state index contributed by atoms with van der Waals surface area (Å²) in [5.41, 5.74) is 0.00862. The second-order valence-corrected chi connectivity index (χ2v) is 8.03. The Kier molecular flexibility index (Phi) is 4.74. The first-order valence-electron chi connectivity index (χ1n) is 8.88. The maximum Gasteiger partial charge on any atom is 0.251 e. The van der Waals surface area contributed by atoms with Gasteiger partial charge in [-0.25, -0.2) is 4.98 Å². The lowest BCUT2D eigenvalue weighted by Crippen LogP contribution is -2.54. The van der Waals surface area contributed by atoms with E-state index in [-0.39, 0.29) is 17.4 Å². The van der Waals surface area contributed by atoms with Crippen LogP contribution >= 0.6 is 11.3 Å². The maximum atomic E-state index is 12.8. The molecule has 7 heteroatoms. The van der Waals surface area contributed by atoms with E-state index in [4.69, 9.17) is 9.47 Å². The molecule has 3 saturated heterocycles. The Labute approximate surface area is 146 Å². The minimum Gasteiger partial charge on any atom is -0.379 e. The molecule has 1 unspecified atom stereocenters. The third-order valence-electron chi connectivity index (χ3n) is 5.31. The van der Waals surface area contributed by atoms with E-state index in [1.807, 2.05) is 16.5 Å². The van der Waals surface area contributed by atoms with Crippen molar-refractivity contribution in [1.82, 2.24) is 9.88 Å². The number of carbonyl (C=O) groups excluding carboxylic acids is 1. The Morgan fingerprint density at radius 1 is 1.29 bits per heavy atom. The van der Waals surface area contributed by atoms with Crippen LogP contribution in [0.1, 0.15) is 25.7 Å². The summed E-state index contributed by atoms with van der Waals surface area (Å²) in [5.74, 6) is 0.177. The number of aromatic nitrogens is 1. The number of carbonyl (C=O) groups is 1. The van der Waals surface area contributed by atoms with Crippen LogP contribution in [-0.4, -0.2) is 67.9 Å². The van der Waals surface area contributed by atoms with E-state index < -0.39 is 0 Å². The predicted molar refractivity (Wildman–Crippen MR) is 92.4 cm³/mol. The van der Waals surface area contributed by atoms with Crippen molar-refractivity contribution in [3.63, 3.8) is 0 Å². The number of hydrogen-bond donors (Lipinski definition) is 0. The van der Waals surface area contributed by atoms with E-state index in [0.29, 0.717) is 0 Å². The van der Waals surface area contributed by atoms with Crippen LogP contribution in [0, 0.1) is 5.41 Å². The third-order valence-corrected chi connectivity index (χ3v) is 6.14. The second kappa shape index (κ2) is 6.98. The average molecular weight is 351 g/mol. The van der Waals surface area contributed by atoms with Crippen molar-refractivity contribution in [2.24, 2.45) is 5.41 Å². The summed E-state index contributed by atoms with van der Waals surface area (Å²) in [6, 6.07) is 0. The number of nitrogens with zero attached hydrogens (tertiary/aromatic N) is 3. The van der Waals surface area contributed by atoms with E-state index >= 15 is 0 Å². The molecule has 3 aliphatic rings. The summed E-state index contributed by atoms with van der Waals surface area (Å²) in [5, 5.41) is 3.07. The molecule has 1 aromatic rings. The third kappa shape index (κ3) is 3.30. The van der Waals surface area contributed by atoms with E-state index in [9.17, 15) is 4.79 Å². The molecular formula is C17H25N3O3S. The van der Waals surface area contributed by atoms with Crippen molar-refractivity contribution < 1.29 is 14.3 Å². The lowest BCUT2D eigenvalue weighted by atomic mass is 9.80. The zero-order valence-corrected chi connectivity index (χ0v) is 14.8. The van der Waals surface area contributed by atoms with E-state index in [1.54, 1.807) is 11.3 Å². The highest BCUT2D eigenvalue weighted by molar-refractivity contribution is 7.13. The van der Waals surface area contributed by atoms with Gasteiger partial charge in [-0.15, -0.1) is 11.3 Å². The molecule has 0 radical (unpaired) electrons. The highest BCUT2D eigenvalue weighted by Gasteiger charge is 2.42. The van der Waals surface area contributed by atoms with Crippen LogP contribution in [0.15, 0.2) is 11.6 Å². The largest absolute Gasteiger partial charge is 0.379 e. The summed E-state index contributed by atoms with van der Waals surface area (Å²) in [4.78, 5) is 21.6. The fraction of sp³-hybridized carbons (Fsp3) is 0.765. The monoisotopic (exact) mass is 351 g/mol. The molecule has 1 aromatic heterocycles. The van der Waals surface area contributed by atoms with E-state index in [0.717, 1.165) is 76.8 Å². The van der Waals surface area contributed by atoms with Crippen molar-refractivity contribution in [3.05, 3.63) is 11.6 Å². The summed E-state index contributed by atoms with van der Waals surface area (Å²) < 4.78 is 11.5. The average Bonchev–Trinajstić information content (AvgIpc) is 3.28. The number of piperidine rings is 1. The first-order chi connectivity index (χ1) is 11.8. The van der Waals surface area contributed by atoms with Gasteiger partial charge in [0.05, 0.1) is 13.2 Å². The van der Waals surface area contributed by atoms with Gasteiger partial charge in [0.25, 0.3) is 5.91 Å². The van der Waals surface area contributed by atoms with Gasteiger partial charge < -0.3 is 19.3 Å². The zero-order chi connectivity index (χ0) is 16.4. The van der Waals surface area contributed by atoms with Crippen LogP contribution in [0.4, 0.5) is 5.13 Å². The Balaban J connectivity index is 1.48. The van der Waals surface area contributed by atoms with Crippen LogP contribution in [0.5, 0.6) is 0 Å². The fourth-order valence-corrected chi connectivity index (χ4v) is 4.82. The number of ether oxygens (including phenoxy) is 2. The Morgan fingerprint density at radius 3 is 3.04 bits per heavy atom. The molecule has 24 heavy (non-hydrogen) atoms. The number of likely N-dealkylation sites (tertiary alicyclic amines) is 1. The smallest absolute Gasteiger partial charge is 0.251 e. The Bertz CT molecular complexity index is 561. The summed E-state index contributed by atoms with van der Waals surface area (Å²) >= 11 is 1.67. The van der Waals surface area contributed by atoms with Gasteiger partial charge >= 0.3 is 0 Å². The van der Waals surface area contributed by atoms with Crippen molar-refractivity contribution >= 4 is 22.4 Å². The summed E-state index contributed by atoms with van der Waals surface area (Å²) in [7, 11) is 0. The number of hydrogen-bond acceptors (Lipinski definition) is 6. The van der Waals surface area contributed by atoms with Crippen LogP contribution in [0.3, 0.4) is 0 Å². The lowest BCUT2D eigenvalue weighted by molar-refractivity contribution is -0.145. The summed E-state index contributed by atoms with van der Waals surface area (Å²) in [6.07, 6.45) is 5.63. The van der Waals surface area contributed by atoms with Crippen LogP contribution in [0.25, 0.3) is 0 Å². The van der Waals surface area contributed by atoms with Gasteiger partial charge in [0.2, 0.25) is 0 Å². The number of amides is 1. The molecule has 1 spiro atoms. The van der Waals surface area contributed by atoms with Crippen molar-refractivity contribution in [3.8, 4) is 0 Å². The van der Waals surface area contributed by atoms with Crippen molar-refractivity contribution in [2.75, 3.05) is 50.9 Å². The molecule has 3 aliphatic heterocycles. The van der Waals surface area contributed by atoms with Gasteiger partial charge in [0.1, 0.15) is 6.10 Å². The number of thiazole rings is 1.